The first-order valence-corrected chi connectivity index (χ1v) is 8.19. The van der Waals surface area contributed by atoms with Gasteiger partial charge in [-0.2, -0.15) is 0 Å². The van der Waals surface area contributed by atoms with Gasteiger partial charge in [-0.1, -0.05) is 43.6 Å². The van der Waals surface area contributed by atoms with E-state index < -0.39 is 0 Å². The SMILES string of the molecule is CC(C)c1nc(C2CCOc3ccccc32)nc(Cl)c1Br. The van der Waals surface area contributed by atoms with Crippen molar-refractivity contribution in [3.63, 3.8) is 0 Å². The van der Waals surface area contributed by atoms with Gasteiger partial charge >= 0.3 is 0 Å². The lowest BCUT2D eigenvalue weighted by Crippen LogP contribution is -2.18. The summed E-state index contributed by atoms with van der Waals surface area (Å²) in [5.41, 5.74) is 2.09. The number of rotatable bonds is 2. The quantitative estimate of drug-likeness (QED) is 0.706. The lowest BCUT2D eigenvalue weighted by molar-refractivity contribution is 0.274. The Morgan fingerprint density at radius 3 is 2.81 bits per heavy atom. The van der Waals surface area contributed by atoms with Gasteiger partial charge in [0.15, 0.2) is 0 Å². The number of benzene rings is 1. The van der Waals surface area contributed by atoms with Crippen molar-refractivity contribution < 1.29 is 4.74 Å². The Morgan fingerprint density at radius 2 is 2.05 bits per heavy atom. The van der Waals surface area contributed by atoms with Crippen molar-refractivity contribution in [2.75, 3.05) is 6.61 Å². The molecule has 1 aromatic heterocycles. The van der Waals surface area contributed by atoms with Crippen LogP contribution >= 0.6 is 27.5 Å². The third-order valence-electron chi connectivity index (χ3n) is 3.67. The van der Waals surface area contributed by atoms with Gasteiger partial charge in [0.2, 0.25) is 0 Å². The van der Waals surface area contributed by atoms with Crippen LogP contribution in [0.25, 0.3) is 0 Å². The van der Waals surface area contributed by atoms with E-state index in [1.165, 1.54) is 0 Å². The molecule has 0 N–H and O–H groups in total. The number of ether oxygens (including phenoxy) is 1. The average molecular weight is 368 g/mol. The standard InChI is InChI=1S/C16H16BrClN2O/c1-9(2)14-13(17)15(18)20-16(19-14)11-7-8-21-12-6-4-3-5-10(11)12/h3-6,9,11H,7-8H2,1-2H3. The predicted molar refractivity (Wildman–Crippen MR) is 87.2 cm³/mol. The summed E-state index contributed by atoms with van der Waals surface area (Å²) in [5.74, 6) is 2.12. The largest absolute Gasteiger partial charge is 0.493 e. The van der Waals surface area contributed by atoms with Gasteiger partial charge in [-0.25, -0.2) is 9.97 Å². The van der Waals surface area contributed by atoms with Crippen LogP contribution in [0.5, 0.6) is 5.75 Å². The number of hydrogen-bond acceptors (Lipinski definition) is 3. The minimum Gasteiger partial charge on any atom is -0.493 e. The molecular weight excluding hydrogens is 352 g/mol. The fourth-order valence-corrected chi connectivity index (χ4v) is 3.42. The topological polar surface area (TPSA) is 35.0 Å². The van der Waals surface area contributed by atoms with Gasteiger partial charge in [0.1, 0.15) is 16.7 Å². The second-order valence-electron chi connectivity index (χ2n) is 5.45. The molecule has 1 unspecified atom stereocenters. The Hall–Kier alpha value is -1.13. The first kappa shape index (κ1) is 14.8. The van der Waals surface area contributed by atoms with Crippen LogP contribution in [-0.4, -0.2) is 16.6 Å². The molecule has 21 heavy (non-hydrogen) atoms. The highest BCUT2D eigenvalue weighted by atomic mass is 79.9. The van der Waals surface area contributed by atoms with Crippen LogP contribution in [0.2, 0.25) is 5.15 Å². The minimum atomic E-state index is 0.137. The van der Waals surface area contributed by atoms with Crippen LogP contribution in [0.1, 0.15) is 49.2 Å². The van der Waals surface area contributed by atoms with Crippen molar-refractivity contribution in [3.05, 3.63) is 51.0 Å². The molecule has 0 aliphatic carbocycles. The number of aromatic nitrogens is 2. The van der Waals surface area contributed by atoms with Crippen molar-refractivity contribution in [2.24, 2.45) is 0 Å². The summed E-state index contributed by atoms with van der Waals surface area (Å²) in [6.45, 7) is 4.88. The normalized spacial score (nSPS) is 17.5. The van der Waals surface area contributed by atoms with Crippen LogP contribution in [0.3, 0.4) is 0 Å². The zero-order chi connectivity index (χ0) is 15.0. The molecule has 110 valence electrons. The zero-order valence-corrected chi connectivity index (χ0v) is 14.3. The summed E-state index contributed by atoms with van der Waals surface area (Å²) in [7, 11) is 0. The molecule has 1 aliphatic rings. The average Bonchev–Trinajstić information content (AvgIpc) is 2.49. The van der Waals surface area contributed by atoms with Crippen molar-refractivity contribution >= 4 is 27.5 Å². The molecule has 3 rings (SSSR count). The van der Waals surface area contributed by atoms with Gasteiger partial charge < -0.3 is 4.74 Å². The van der Waals surface area contributed by atoms with Crippen molar-refractivity contribution in [2.45, 2.75) is 32.1 Å². The molecule has 0 fully saturated rings. The van der Waals surface area contributed by atoms with E-state index in [1.54, 1.807) is 0 Å². The Labute approximate surface area is 137 Å². The highest BCUT2D eigenvalue weighted by Crippen LogP contribution is 2.38. The number of halogens is 2. The second kappa shape index (κ2) is 5.93. The maximum atomic E-state index is 6.28. The lowest BCUT2D eigenvalue weighted by atomic mass is 9.92. The van der Waals surface area contributed by atoms with E-state index in [0.717, 1.165) is 33.7 Å². The molecule has 1 atom stereocenters. The highest BCUT2D eigenvalue weighted by molar-refractivity contribution is 9.10. The summed E-state index contributed by atoms with van der Waals surface area (Å²) in [6.07, 6.45) is 0.868. The fourth-order valence-electron chi connectivity index (χ4n) is 2.60. The first-order valence-electron chi connectivity index (χ1n) is 7.02. The molecule has 2 heterocycles. The molecule has 1 aliphatic heterocycles. The Morgan fingerprint density at radius 1 is 1.29 bits per heavy atom. The number of hydrogen-bond donors (Lipinski definition) is 0. The Kier molecular flexibility index (Phi) is 4.18. The van der Waals surface area contributed by atoms with Crippen molar-refractivity contribution in [1.29, 1.82) is 0 Å². The van der Waals surface area contributed by atoms with Gasteiger partial charge in [-0.05, 0) is 34.3 Å². The molecule has 0 bridgehead atoms. The van der Waals surface area contributed by atoms with Crippen LogP contribution < -0.4 is 4.74 Å². The van der Waals surface area contributed by atoms with E-state index in [2.05, 4.69) is 40.8 Å². The molecule has 5 heteroatoms. The monoisotopic (exact) mass is 366 g/mol. The third-order valence-corrected chi connectivity index (χ3v) is 4.95. The van der Waals surface area contributed by atoms with E-state index in [4.69, 9.17) is 21.3 Å². The summed E-state index contributed by atoms with van der Waals surface area (Å²) in [4.78, 5) is 9.25. The number of nitrogens with zero attached hydrogens (tertiary/aromatic N) is 2. The smallest absolute Gasteiger partial charge is 0.147 e. The van der Waals surface area contributed by atoms with Gasteiger partial charge in [-0.15, -0.1) is 0 Å². The van der Waals surface area contributed by atoms with E-state index in [-0.39, 0.29) is 11.8 Å². The first-order chi connectivity index (χ1) is 10.1. The maximum absolute atomic E-state index is 6.28. The van der Waals surface area contributed by atoms with E-state index in [0.29, 0.717) is 11.8 Å². The third kappa shape index (κ3) is 2.79. The summed E-state index contributed by atoms with van der Waals surface area (Å²) in [6, 6.07) is 8.07. The maximum Gasteiger partial charge on any atom is 0.147 e. The van der Waals surface area contributed by atoms with Gasteiger partial charge in [0.25, 0.3) is 0 Å². The zero-order valence-electron chi connectivity index (χ0n) is 11.9. The van der Waals surface area contributed by atoms with Crippen LogP contribution in [0.15, 0.2) is 28.7 Å². The van der Waals surface area contributed by atoms with Crippen LogP contribution in [0.4, 0.5) is 0 Å². The molecule has 0 saturated heterocycles. The van der Waals surface area contributed by atoms with Gasteiger partial charge in [-0.3, -0.25) is 0 Å². The van der Waals surface area contributed by atoms with E-state index in [9.17, 15) is 0 Å². The molecule has 0 saturated carbocycles. The fraction of sp³-hybridized carbons (Fsp3) is 0.375. The number of para-hydroxylation sites is 1. The molecule has 1 aromatic carbocycles. The van der Waals surface area contributed by atoms with E-state index >= 15 is 0 Å². The van der Waals surface area contributed by atoms with Crippen LogP contribution in [-0.2, 0) is 0 Å². The predicted octanol–water partition coefficient (Wildman–Crippen LogP) is 4.93. The summed E-state index contributed by atoms with van der Waals surface area (Å²) in [5, 5.41) is 0.479. The number of fused-ring (bicyclic) bond motifs is 1. The molecule has 0 radical (unpaired) electrons. The molecular formula is C16H16BrClN2O. The van der Waals surface area contributed by atoms with Crippen molar-refractivity contribution in [3.8, 4) is 5.75 Å². The van der Waals surface area contributed by atoms with Gasteiger partial charge in [0, 0.05) is 5.56 Å². The highest BCUT2D eigenvalue weighted by Gasteiger charge is 2.27. The van der Waals surface area contributed by atoms with Gasteiger partial charge in [0.05, 0.1) is 22.7 Å². The Balaban J connectivity index is 2.10. The molecule has 2 aromatic rings. The molecule has 0 amide bonds. The second-order valence-corrected chi connectivity index (χ2v) is 6.61. The molecule has 3 nitrogen and oxygen atoms in total. The minimum absolute atomic E-state index is 0.137. The molecule has 0 spiro atoms. The summed E-state index contributed by atoms with van der Waals surface area (Å²) >= 11 is 9.77. The Bertz CT molecular complexity index is 675. The van der Waals surface area contributed by atoms with E-state index in [1.807, 2.05) is 18.2 Å². The van der Waals surface area contributed by atoms with Crippen molar-refractivity contribution in [1.82, 2.24) is 9.97 Å². The lowest BCUT2D eigenvalue weighted by Gasteiger charge is -2.25. The summed E-state index contributed by atoms with van der Waals surface area (Å²) < 4.78 is 6.50. The van der Waals surface area contributed by atoms with Crippen LogP contribution in [0, 0.1) is 0 Å².